The van der Waals surface area contributed by atoms with Crippen molar-refractivity contribution in [1.82, 2.24) is 9.80 Å². The van der Waals surface area contributed by atoms with Crippen LogP contribution >= 0.6 is 0 Å². The molecule has 1 amide bonds. The molecule has 186 valence electrons. The van der Waals surface area contributed by atoms with Crippen molar-refractivity contribution in [3.63, 3.8) is 0 Å². The number of aliphatic hydroxyl groups is 1. The van der Waals surface area contributed by atoms with Gasteiger partial charge in [0.1, 0.15) is 11.6 Å². The van der Waals surface area contributed by atoms with Crippen molar-refractivity contribution in [2.45, 2.75) is 12.5 Å². The number of halogens is 1. The molecule has 0 aliphatic carbocycles. The summed E-state index contributed by atoms with van der Waals surface area (Å²) < 4.78 is 29.6. The zero-order chi connectivity index (χ0) is 24.9. The summed E-state index contributed by atoms with van der Waals surface area (Å²) in [5.41, 5.74) is 0.806. The third kappa shape index (κ3) is 5.16. The molecule has 1 unspecified atom stereocenters. The van der Waals surface area contributed by atoms with E-state index in [-0.39, 0.29) is 16.9 Å². The van der Waals surface area contributed by atoms with E-state index in [1.54, 1.807) is 18.2 Å². The SMILES string of the molecule is COc1ccc(C2C(=C(O)c3ccc(F)cc3)C(=O)C(=O)N2CCCN2CCOCC2)cc1OC. The van der Waals surface area contributed by atoms with E-state index < -0.39 is 23.5 Å². The number of amides is 1. The predicted octanol–water partition coefficient (Wildman–Crippen LogP) is 2.99. The van der Waals surface area contributed by atoms with Gasteiger partial charge >= 0.3 is 0 Å². The fraction of sp³-hybridized carbons (Fsp3) is 0.385. The smallest absolute Gasteiger partial charge is 0.295 e. The topological polar surface area (TPSA) is 88.5 Å². The average Bonchev–Trinajstić information content (AvgIpc) is 3.14. The molecule has 2 heterocycles. The molecule has 0 saturated carbocycles. The minimum atomic E-state index is -0.829. The normalized spacial score (nSPS) is 20.3. The number of ether oxygens (including phenoxy) is 3. The number of benzene rings is 2. The number of hydrogen-bond acceptors (Lipinski definition) is 7. The van der Waals surface area contributed by atoms with Gasteiger partial charge in [-0.2, -0.15) is 0 Å². The number of nitrogens with zero attached hydrogens (tertiary/aromatic N) is 2. The fourth-order valence-corrected chi connectivity index (χ4v) is 4.53. The van der Waals surface area contributed by atoms with E-state index in [0.29, 0.717) is 43.2 Å². The Morgan fingerprint density at radius 2 is 1.71 bits per heavy atom. The number of hydrogen-bond donors (Lipinski definition) is 1. The number of ketones is 1. The third-order valence-corrected chi connectivity index (χ3v) is 6.36. The van der Waals surface area contributed by atoms with Gasteiger partial charge in [-0.15, -0.1) is 0 Å². The van der Waals surface area contributed by atoms with Crippen molar-refractivity contribution in [2.24, 2.45) is 0 Å². The summed E-state index contributed by atoms with van der Waals surface area (Å²) in [7, 11) is 3.02. The molecule has 2 aliphatic rings. The molecule has 1 N–H and O–H groups in total. The highest BCUT2D eigenvalue weighted by molar-refractivity contribution is 6.46. The Labute approximate surface area is 203 Å². The summed E-state index contributed by atoms with van der Waals surface area (Å²) in [5, 5.41) is 11.1. The number of morpholine rings is 1. The van der Waals surface area contributed by atoms with E-state index in [1.807, 2.05) is 0 Å². The van der Waals surface area contributed by atoms with Crippen LogP contribution in [0.3, 0.4) is 0 Å². The Morgan fingerprint density at radius 1 is 1.03 bits per heavy atom. The molecule has 1 atom stereocenters. The van der Waals surface area contributed by atoms with Crippen molar-refractivity contribution in [3.05, 3.63) is 65.0 Å². The highest BCUT2D eigenvalue weighted by atomic mass is 19.1. The van der Waals surface area contributed by atoms with Gasteiger partial charge in [0.05, 0.1) is 39.0 Å². The number of rotatable bonds is 8. The molecule has 4 rings (SSSR count). The van der Waals surface area contributed by atoms with Gasteiger partial charge in [0.15, 0.2) is 11.5 Å². The van der Waals surface area contributed by atoms with E-state index in [9.17, 15) is 19.1 Å². The van der Waals surface area contributed by atoms with Crippen LogP contribution in [0.1, 0.15) is 23.6 Å². The molecule has 0 radical (unpaired) electrons. The van der Waals surface area contributed by atoms with Gasteiger partial charge in [0.2, 0.25) is 0 Å². The molecule has 2 aromatic rings. The van der Waals surface area contributed by atoms with Crippen LogP contribution in [0.5, 0.6) is 11.5 Å². The van der Waals surface area contributed by atoms with Gasteiger partial charge in [-0.3, -0.25) is 14.5 Å². The third-order valence-electron chi connectivity index (χ3n) is 6.36. The Morgan fingerprint density at radius 3 is 2.37 bits per heavy atom. The van der Waals surface area contributed by atoms with Crippen molar-refractivity contribution in [3.8, 4) is 11.5 Å². The lowest BCUT2D eigenvalue weighted by molar-refractivity contribution is -0.140. The Hall–Kier alpha value is -3.43. The first kappa shape index (κ1) is 24.7. The predicted molar refractivity (Wildman–Crippen MR) is 127 cm³/mol. The number of carbonyl (C=O) groups excluding carboxylic acids is 2. The van der Waals surface area contributed by atoms with Gasteiger partial charge in [-0.1, -0.05) is 6.07 Å². The Kier molecular flexibility index (Phi) is 7.67. The summed E-state index contributed by atoms with van der Waals surface area (Å²) in [4.78, 5) is 30.0. The van der Waals surface area contributed by atoms with E-state index in [4.69, 9.17) is 14.2 Å². The molecule has 0 aromatic heterocycles. The van der Waals surface area contributed by atoms with Crippen LogP contribution < -0.4 is 9.47 Å². The molecular formula is C26H29FN2O6. The molecule has 0 spiro atoms. The van der Waals surface area contributed by atoms with Crippen LogP contribution in [0.15, 0.2) is 48.0 Å². The van der Waals surface area contributed by atoms with Crippen LogP contribution in [-0.2, 0) is 14.3 Å². The molecule has 35 heavy (non-hydrogen) atoms. The second-order valence-electron chi connectivity index (χ2n) is 8.42. The van der Waals surface area contributed by atoms with Crippen LogP contribution in [-0.4, -0.2) is 80.2 Å². The summed E-state index contributed by atoms with van der Waals surface area (Å²) >= 11 is 0. The number of carbonyl (C=O) groups is 2. The molecular weight excluding hydrogens is 455 g/mol. The van der Waals surface area contributed by atoms with Crippen molar-refractivity contribution < 1.29 is 33.3 Å². The number of methoxy groups -OCH3 is 2. The summed E-state index contributed by atoms with van der Waals surface area (Å²) in [5.74, 6) is -1.35. The molecule has 9 heteroatoms. The van der Waals surface area contributed by atoms with Gasteiger partial charge in [0, 0.05) is 31.7 Å². The lowest BCUT2D eigenvalue weighted by Gasteiger charge is -2.29. The highest BCUT2D eigenvalue weighted by Crippen LogP contribution is 2.42. The molecule has 0 bridgehead atoms. The second kappa shape index (κ2) is 10.9. The Bertz CT molecular complexity index is 1110. The number of aliphatic hydroxyl groups excluding tert-OH is 1. The van der Waals surface area contributed by atoms with Gasteiger partial charge in [0.25, 0.3) is 11.7 Å². The molecule has 8 nitrogen and oxygen atoms in total. The Balaban J connectivity index is 1.71. The number of likely N-dealkylation sites (tertiary alicyclic amines) is 1. The van der Waals surface area contributed by atoms with Crippen molar-refractivity contribution in [2.75, 3.05) is 53.6 Å². The van der Waals surface area contributed by atoms with Gasteiger partial charge in [-0.05, 0) is 48.4 Å². The molecule has 2 saturated heterocycles. The summed E-state index contributed by atoms with van der Waals surface area (Å²) in [6, 6.07) is 9.44. The maximum absolute atomic E-state index is 13.5. The largest absolute Gasteiger partial charge is 0.507 e. The first-order valence-electron chi connectivity index (χ1n) is 11.5. The lowest BCUT2D eigenvalue weighted by atomic mass is 9.95. The highest BCUT2D eigenvalue weighted by Gasteiger charge is 2.46. The van der Waals surface area contributed by atoms with E-state index in [1.165, 1.54) is 43.4 Å². The zero-order valence-electron chi connectivity index (χ0n) is 19.8. The molecule has 2 fully saturated rings. The summed E-state index contributed by atoms with van der Waals surface area (Å²) in [6.45, 7) is 4.07. The maximum Gasteiger partial charge on any atom is 0.295 e. The summed E-state index contributed by atoms with van der Waals surface area (Å²) in [6.07, 6.45) is 0.646. The number of Topliss-reactive ketones (excluding diaryl/α,β-unsaturated/α-hetero) is 1. The van der Waals surface area contributed by atoms with Gasteiger partial charge in [-0.25, -0.2) is 4.39 Å². The standard InChI is InChI=1S/C26H29FN2O6/c1-33-20-9-6-18(16-21(20)34-2)23-22(24(30)17-4-7-19(27)8-5-17)25(31)26(32)29(23)11-3-10-28-12-14-35-15-13-28/h4-9,16,23,30H,3,10-15H2,1-2H3. The second-order valence-corrected chi connectivity index (χ2v) is 8.42. The average molecular weight is 485 g/mol. The van der Waals surface area contributed by atoms with E-state index in [2.05, 4.69) is 4.90 Å². The molecule has 2 aromatic carbocycles. The fourth-order valence-electron chi connectivity index (χ4n) is 4.53. The molecule has 2 aliphatic heterocycles. The minimum Gasteiger partial charge on any atom is -0.507 e. The first-order chi connectivity index (χ1) is 16.9. The maximum atomic E-state index is 13.5. The monoisotopic (exact) mass is 484 g/mol. The minimum absolute atomic E-state index is 0.0415. The first-order valence-corrected chi connectivity index (χ1v) is 11.5. The quantitative estimate of drug-likeness (QED) is 0.350. The van der Waals surface area contributed by atoms with Crippen LogP contribution in [0, 0.1) is 5.82 Å². The van der Waals surface area contributed by atoms with Crippen LogP contribution in [0.25, 0.3) is 5.76 Å². The van der Waals surface area contributed by atoms with Crippen molar-refractivity contribution >= 4 is 17.4 Å². The van der Waals surface area contributed by atoms with Crippen LogP contribution in [0.4, 0.5) is 4.39 Å². The zero-order valence-corrected chi connectivity index (χ0v) is 19.8. The van der Waals surface area contributed by atoms with Crippen LogP contribution in [0.2, 0.25) is 0 Å². The van der Waals surface area contributed by atoms with E-state index >= 15 is 0 Å². The lowest BCUT2D eigenvalue weighted by Crippen LogP contribution is -2.38. The van der Waals surface area contributed by atoms with Crippen molar-refractivity contribution in [1.29, 1.82) is 0 Å². The van der Waals surface area contributed by atoms with E-state index in [0.717, 1.165) is 19.6 Å². The van der Waals surface area contributed by atoms with Gasteiger partial charge < -0.3 is 24.2 Å².